The van der Waals surface area contributed by atoms with Gasteiger partial charge in [-0.25, -0.2) is 0 Å². The van der Waals surface area contributed by atoms with Gasteiger partial charge in [0.25, 0.3) is 0 Å². The van der Waals surface area contributed by atoms with E-state index >= 15 is 0 Å². The van der Waals surface area contributed by atoms with Crippen molar-refractivity contribution in [2.75, 3.05) is 0 Å². The lowest BCUT2D eigenvalue weighted by Gasteiger charge is -2.24. The highest BCUT2D eigenvalue weighted by molar-refractivity contribution is 5.73. The van der Waals surface area contributed by atoms with E-state index < -0.39 is 11.9 Å². The van der Waals surface area contributed by atoms with Crippen LogP contribution >= 0.6 is 0 Å². The zero-order chi connectivity index (χ0) is 13.6. The second-order valence-corrected chi connectivity index (χ2v) is 5.63. The number of hydrogen-bond acceptors (Lipinski definition) is 1. The van der Waals surface area contributed by atoms with E-state index in [9.17, 15) is 9.90 Å². The van der Waals surface area contributed by atoms with Crippen LogP contribution in [0.25, 0.3) is 0 Å². The van der Waals surface area contributed by atoms with Crippen LogP contribution in [-0.4, -0.2) is 11.1 Å². The summed E-state index contributed by atoms with van der Waals surface area (Å²) < 4.78 is 0. The van der Waals surface area contributed by atoms with Crippen LogP contribution in [0.5, 0.6) is 0 Å². The Morgan fingerprint density at radius 1 is 1.28 bits per heavy atom. The van der Waals surface area contributed by atoms with E-state index in [0.717, 1.165) is 12.8 Å². The first-order valence-electron chi connectivity index (χ1n) is 6.34. The molecule has 0 heterocycles. The Morgan fingerprint density at radius 3 is 2.39 bits per heavy atom. The van der Waals surface area contributed by atoms with Gasteiger partial charge in [0.15, 0.2) is 0 Å². The van der Waals surface area contributed by atoms with Gasteiger partial charge in [0.1, 0.15) is 0 Å². The maximum atomic E-state index is 11.2. The van der Waals surface area contributed by atoms with Crippen molar-refractivity contribution in [1.82, 2.24) is 0 Å². The first-order valence-corrected chi connectivity index (χ1v) is 6.34. The molecule has 0 aromatic heterocycles. The molecular formula is C16H22O2. The number of carbonyl (C=O) groups is 1. The lowest BCUT2D eigenvalue weighted by molar-refractivity contribution is -0.143. The Bertz CT molecular complexity index is 399. The Kier molecular flexibility index (Phi) is 5.14. The molecular weight excluding hydrogens is 224 g/mol. The molecule has 0 aliphatic rings. The van der Waals surface area contributed by atoms with Gasteiger partial charge in [-0.1, -0.05) is 63.3 Å². The summed E-state index contributed by atoms with van der Waals surface area (Å²) in [6.45, 7) is 5.86. The Balaban J connectivity index is 2.51. The fraction of sp³-hybridized carbons (Fsp3) is 0.438. The Morgan fingerprint density at radius 2 is 1.89 bits per heavy atom. The van der Waals surface area contributed by atoms with Gasteiger partial charge < -0.3 is 5.11 Å². The van der Waals surface area contributed by atoms with E-state index in [4.69, 9.17) is 0 Å². The third-order valence-electron chi connectivity index (χ3n) is 2.97. The zero-order valence-electron chi connectivity index (χ0n) is 11.4. The van der Waals surface area contributed by atoms with Crippen molar-refractivity contribution in [3.63, 3.8) is 0 Å². The average Bonchev–Trinajstić information content (AvgIpc) is 2.27. The number of carboxylic acid groups (broad SMARTS) is 1. The molecule has 1 aromatic carbocycles. The third-order valence-corrected chi connectivity index (χ3v) is 2.97. The van der Waals surface area contributed by atoms with E-state index in [0.29, 0.717) is 0 Å². The maximum absolute atomic E-state index is 11.2. The van der Waals surface area contributed by atoms with Gasteiger partial charge in [0, 0.05) is 0 Å². The van der Waals surface area contributed by atoms with Crippen molar-refractivity contribution >= 4 is 5.97 Å². The van der Waals surface area contributed by atoms with Crippen LogP contribution in [0.4, 0.5) is 0 Å². The molecule has 0 saturated heterocycles. The van der Waals surface area contributed by atoms with Gasteiger partial charge >= 0.3 is 5.97 Å². The first kappa shape index (κ1) is 14.5. The SMILES string of the molecule is CC(C)(C)C(C=CCCc1ccccc1)C(=O)O. The topological polar surface area (TPSA) is 37.3 Å². The van der Waals surface area contributed by atoms with Crippen LogP contribution in [0.2, 0.25) is 0 Å². The average molecular weight is 246 g/mol. The molecule has 2 heteroatoms. The molecule has 0 amide bonds. The fourth-order valence-electron chi connectivity index (χ4n) is 1.87. The summed E-state index contributed by atoms with van der Waals surface area (Å²) >= 11 is 0. The minimum atomic E-state index is -0.751. The number of carboxylic acids is 1. The molecule has 0 fully saturated rings. The number of allylic oxidation sites excluding steroid dienone is 1. The molecule has 0 radical (unpaired) electrons. The molecule has 0 spiro atoms. The van der Waals surface area contributed by atoms with E-state index in [1.165, 1.54) is 5.56 Å². The molecule has 2 nitrogen and oxygen atoms in total. The molecule has 0 saturated carbocycles. The number of benzene rings is 1. The largest absolute Gasteiger partial charge is 0.481 e. The van der Waals surface area contributed by atoms with Crippen molar-refractivity contribution in [1.29, 1.82) is 0 Å². The third kappa shape index (κ3) is 4.74. The molecule has 1 rings (SSSR count). The van der Waals surface area contributed by atoms with Crippen LogP contribution in [-0.2, 0) is 11.2 Å². The molecule has 0 bridgehead atoms. The standard InChI is InChI=1S/C16H22O2/c1-16(2,3)14(15(17)18)12-8-7-11-13-9-5-4-6-10-13/h4-6,8-10,12,14H,7,11H2,1-3H3,(H,17,18). The second-order valence-electron chi connectivity index (χ2n) is 5.63. The maximum Gasteiger partial charge on any atom is 0.310 e. The summed E-state index contributed by atoms with van der Waals surface area (Å²) in [4.78, 5) is 11.2. The van der Waals surface area contributed by atoms with Gasteiger partial charge in [-0.3, -0.25) is 4.79 Å². The van der Waals surface area contributed by atoms with Gasteiger partial charge in [-0.05, 0) is 23.8 Å². The first-order chi connectivity index (χ1) is 8.41. The van der Waals surface area contributed by atoms with Crippen molar-refractivity contribution in [3.8, 4) is 0 Å². The lowest BCUT2D eigenvalue weighted by atomic mass is 9.80. The highest BCUT2D eigenvalue weighted by atomic mass is 16.4. The van der Waals surface area contributed by atoms with Crippen LogP contribution in [0.15, 0.2) is 42.5 Å². The zero-order valence-corrected chi connectivity index (χ0v) is 11.4. The predicted octanol–water partition coefficient (Wildman–Crippen LogP) is 3.92. The smallest absolute Gasteiger partial charge is 0.310 e. The van der Waals surface area contributed by atoms with E-state index in [1.807, 2.05) is 51.1 Å². The molecule has 1 N–H and O–H groups in total. The summed E-state index contributed by atoms with van der Waals surface area (Å²) in [7, 11) is 0. The molecule has 18 heavy (non-hydrogen) atoms. The van der Waals surface area contributed by atoms with Gasteiger partial charge in [-0.15, -0.1) is 0 Å². The summed E-state index contributed by atoms with van der Waals surface area (Å²) in [6.07, 6.45) is 5.64. The monoisotopic (exact) mass is 246 g/mol. The van der Waals surface area contributed by atoms with Crippen LogP contribution in [0.1, 0.15) is 32.8 Å². The van der Waals surface area contributed by atoms with Crippen molar-refractivity contribution in [2.45, 2.75) is 33.6 Å². The van der Waals surface area contributed by atoms with Gasteiger partial charge in [-0.2, -0.15) is 0 Å². The van der Waals surface area contributed by atoms with Crippen molar-refractivity contribution in [3.05, 3.63) is 48.0 Å². The molecule has 0 aliphatic carbocycles. The lowest BCUT2D eigenvalue weighted by Crippen LogP contribution is -2.26. The highest BCUT2D eigenvalue weighted by Gasteiger charge is 2.28. The Hall–Kier alpha value is -1.57. The number of rotatable bonds is 5. The minimum Gasteiger partial charge on any atom is -0.481 e. The summed E-state index contributed by atoms with van der Waals surface area (Å²) in [5, 5.41) is 9.17. The summed E-state index contributed by atoms with van der Waals surface area (Å²) in [5.41, 5.74) is 1.04. The molecule has 0 aliphatic heterocycles. The number of hydrogen-bond donors (Lipinski definition) is 1. The summed E-state index contributed by atoms with van der Waals surface area (Å²) in [6, 6.07) is 10.2. The fourth-order valence-corrected chi connectivity index (χ4v) is 1.87. The van der Waals surface area contributed by atoms with E-state index in [2.05, 4.69) is 12.1 Å². The molecule has 98 valence electrons. The van der Waals surface area contributed by atoms with E-state index in [1.54, 1.807) is 0 Å². The Labute approximate surface area is 109 Å². The minimum absolute atomic E-state index is 0.241. The quantitative estimate of drug-likeness (QED) is 0.799. The predicted molar refractivity (Wildman–Crippen MR) is 74.5 cm³/mol. The highest BCUT2D eigenvalue weighted by Crippen LogP contribution is 2.27. The van der Waals surface area contributed by atoms with Gasteiger partial charge in [0.05, 0.1) is 5.92 Å². The van der Waals surface area contributed by atoms with Crippen LogP contribution < -0.4 is 0 Å². The normalized spacial score (nSPS) is 13.7. The molecule has 1 aromatic rings. The van der Waals surface area contributed by atoms with Gasteiger partial charge in [0.2, 0.25) is 0 Å². The second kappa shape index (κ2) is 6.39. The van der Waals surface area contributed by atoms with Crippen LogP contribution in [0.3, 0.4) is 0 Å². The molecule has 1 atom stereocenters. The molecule has 1 unspecified atom stereocenters. The van der Waals surface area contributed by atoms with Crippen molar-refractivity contribution in [2.24, 2.45) is 11.3 Å². The van der Waals surface area contributed by atoms with E-state index in [-0.39, 0.29) is 5.41 Å². The summed E-state index contributed by atoms with van der Waals surface area (Å²) in [5.74, 6) is -1.17. The van der Waals surface area contributed by atoms with Crippen molar-refractivity contribution < 1.29 is 9.90 Å². The number of aliphatic carboxylic acids is 1. The number of aryl methyl sites for hydroxylation is 1. The van der Waals surface area contributed by atoms with Crippen LogP contribution in [0, 0.1) is 11.3 Å².